The van der Waals surface area contributed by atoms with E-state index >= 15 is 0 Å². The van der Waals surface area contributed by atoms with Crippen LogP contribution in [-0.4, -0.2) is 24.5 Å². The average Bonchev–Trinajstić information content (AvgIpc) is 2.56. The molecule has 1 aromatic carbocycles. The van der Waals surface area contributed by atoms with Crippen molar-refractivity contribution in [2.45, 2.75) is 45.4 Å². The van der Waals surface area contributed by atoms with Crippen LogP contribution in [0.5, 0.6) is 0 Å². The second-order valence-corrected chi connectivity index (χ2v) is 7.84. The Morgan fingerprint density at radius 3 is 2.18 bits per heavy atom. The summed E-state index contributed by atoms with van der Waals surface area (Å²) in [4.78, 5) is 2.59. The number of rotatable bonds is 5. The van der Waals surface area contributed by atoms with Gasteiger partial charge in [0.25, 0.3) is 0 Å². The van der Waals surface area contributed by atoms with Crippen LogP contribution in [0.1, 0.15) is 51.0 Å². The molecule has 0 heterocycles. The molecule has 0 radical (unpaired) electrons. The molecule has 3 fully saturated rings. The maximum atomic E-state index is 6.30. The highest BCUT2D eigenvalue weighted by atomic mass is 35.5. The normalized spacial score (nSPS) is 31.0. The highest BCUT2D eigenvalue weighted by Crippen LogP contribution is 2.53. The van der Waals surface area contributed by atoms with E-state index in [1.54, 1.807) is 0 Å². The third-order valence-corrected chi connectivity index (χ3v) is 6.82. The summed E-state index contributed by atoms with van der Waals surface area (Å²) in [5.41, 5.74) is 1.42. The summed E-state index contributed by atoms with van der Waals surface area (Å²) in [6.45, 7) is 8.09. The van der Waals surface area contributed by atoms with Crippen LogP contribution < -0.4 is 0 Å². The molecule has 122 valence electrons. The van der Waals surface area contributed by atoms with Crippen LogP contribution >= 0.6 is 23.2 Å². The highest BCUT2D eigenvalue weighted by Gasteiger charge is 2.44. The minimum atomic E-state index is 0.669. The van der Waals surface area contributed by atoms with Gasteiger partial charge in [-0.25, -0.2) is 0 Å². The molecule has 3 saturated carbocycles. The summed E-state index contributed by atoms with van der Waals surface area (Å²) in [5.74, 6) is 3.18. The first-order valence-electron chi connectivity index (χ1n) is 8.81. The Morgan fingerprint density at radius 2 is 1.59 bits per heavy atom. The van der Waals surface area contributed by atoms with Crippen molar-refractivity contribution in [2.75, 3.05) is 19.6 Å². The molecule has 3 heteroatoms. The third kappa shape index (κ3) is 3.18. The molecule has 1 aromatic rings. The summed E-state index contributed by atoms with van der Waals surface area (Å²) < 4.78 is 0. The van der Waals surface area contributed by atoms with Gasteiger partial charge in [-0.1, -0.05) is 43.1 Å². The second kappa shape index (κ2) is 7.11. The summed E-state index contributed by atoms with van der Waals surface area (Å²) in [7, 11) is 0. The van der Waals surface area contributed by atoms with Crippen LogP contribution in [0.25, 0.3) is 0 Å². The predicted molar refractivity (Wildman–Crippen MR) is 95.9 cm³/mol. The monoisotopic (exact) mass is 339 g/mol. The van der Waals surface area contributed by atoms with Gasteiger partial charge in [-0.15, -0.1) is 0 Å². The molecule has 2 atom stereocenters. The fourth-order valence-electron chi connectivity index (χ4n) is 4.86. The van der Waals surface area contributed by atoms with Gasteiger partial charge in [0, 0.05) is 6.54 Å². The van der Waals surface area contributed by atoms with E-state index in [1.807, 2.05) is 6.07 Å². The Bertz CT molecular complexity index is 504. The van der Waals surface area contributed by atoms with Crippen LogP contribution in [-0.2, 0) is 0 Å². The van der Waals surface area contributed by atoms with Gasteiger partial charge in [0.05, 0.1) is 10.0 Å². The highest BCUT2D eigenvalue weighted by molar-refractivity contribution is 6.42. The van der Waals surface area contributed by atoms with Crippen molar-refractivity contribution in [1.82, 2.24) is 4.90 Å². The molecule has 1 nitrogen and oxygen atoms in total. The van der Waals surface area contributed by atoms with Gasteiger partial charge in [-0.05, 0) is 80.1 Å². The van der Waals surface area contributed by atoms with E-state index in [0.29, 0.717) is 16.0 Å². The summed E-state index contributed by atoms with van der Waals surface area (Å²) in [6, 6.07) is 6.33. The maximum absolute atomic E-state index is 6.30. The number of hydrogen-bond donors (Lipinski definition) is 0. The maximum Gasteiger partial charge on any atom is 0.0595 e. The van der Waals surface area contributed by atoms with Crippen LogP contribution in [0.4, 0.5) is 0 Å². The lowest BCUT2D eigenvalue weighted by Crippen LogP contribution is -2.44. The van der Waals surface area contributed by atoms with Crippen molar-refractivity contribution >= 4 is 23.2 Å². The van der Waals surface area contributed by atoms with E-state index in [-0.39, 0.29) is 0 Å². The Kier molecular flexibility index (Phi) is 5.37. The average molecular weight is 340 g/mol. The van der Waals surface area contributed by atoms with Gasteiger partial charge < -0.3 is 4.90 Å². The molecule has 2 bridgehead atoms. The molecule has 0 saturated heterocycles. The molecular formula is C19H27Cl2N. The fourth-order valence-corrected chi connectivity index (χ4v) is 5.16. The lowest BCUT2D eigenvalue weighted by atomic mass is 9.57. The fraction of sp³-hybridized carbons (Fsp3) is 0.684. The smallest absolute Gasteiger partial charge is 0.0595 e. The molecular weight excluding hydrogens is 313 g/mol. The van der Waals surface area contributed by atoms with Gasteiger partial charge in [-0.3, -0.25) is 0 Å². The summed E-state index contributed by atoms with van der Waals surface area (Å²) in [5, 5.41) is 1.38. The number of fused-ring (bicyclic) bond motifs is 3. The van der Waals surface area contributed by atoms with Gasteiger partial charge in [-0.2, -0.15) is 0 Å². The minimum absolute atomic E-state index is 0.669. The van der Waals surface area contributed by atoms with E-state index in [2.05, 4.69) is 30.9 Å². The van der Waals surface area contributed by atoms with Crippen LogP contribution in [0.3, 0.4) is 0 Å². The van der Waals surface area contributed by atoms with E-state index in [1.165, 1.54) is 37.8 Å². The standard InChI is InChI=1S/C19H27Cl2N/c1-3-22(4-2)12-16-13-5-7-14(8-6-13)19(16)15-9-10-17(20)18(21)11-15/h9-11,13-14,16,19H,3-8,12H2,1-2H3/t13?,14?,16-,19-/m1/s1. The molecule has 0 aromatic heterocycles. The van der Waals surface area contributed by atoms with Crippen molar-refractivity contribution < 1.29 is 0 Å². The molecule has 3 aliphatic carbocycles. The van der Waals surface area contributed by atoms with Crippen LogP contribution in [0.15, 0.2) is 18.2 Å². The number of benzene rings is 1. The zero-order chi connectivity index (χ0) is 15.7. The minimum Gasteiger partial charge on any atom is -0.304 e. The number of halogens is 2. The Morgan fingerprint density at radius 1 is 0.955 bits per heavy atom. The van der Waals surface area contributed by atoms with E-state index in [0.717, 1.165) is 30.8 Å². The van der Waals surface area contributed by atoms with Gasteiger partial charge >= 0.3 is 0 Å². The molecule has 0 aliphatic heterocycles. The number of nitrogens with zero attached hydrogens (tertiary/aromatic N) is 1. The molecule has 0 spiro atoms. The molecule has 0 unspecified atom stereocenters. The van der Waals surface area contributed by atoms with E-state index in [4.69, 9.17) is 23.2 Å². The third-order valence-electron chi connectivity index (χ3n) is 6.08. The zero-order valence-corrected chi connectivity index (χ0v) is 15.2. The molecule has 4 rings (SSSR count). The van der Waals surface area contributed by atoms with Crippen molar-refractivity contribution in [3.8, 4) is 0 Å². The second-order valence-electron chi connectivity index (χ2n) is 7.02. The van der Waals surface area contributed by atoms with Crippen LogP contribution in [0.2, 0.25) is 10.0 Å². The lowest BCUT2D eigenvalue weighted by Gasteiger charge is -2.50. The molecule has 3 aliphatic rings. The van der Waals surface area contributed by atoms with Crippen molar-refractivity contribution in [1.29, 1.82) is 0 Å². The van der Waals surface area contributed by atoms with Crippen molar-refractivity contribution in [2.24, 2.45) is 17.8 Å². The molecule has 22 heavy (non-hydrogen) atoms. The quantitative estimate of drug-likeness (QED) is 0.649. The first-order chi connectivity index (χ1) is 10.6. The van der Waals surface area contributed by atoms with E-state index in [9.17, 15) is 0 Å². The van der Waals surface area contributed by atoms with Gasteiger partial charge in [0.1, 0.15) is 0 Å². The first kappa shape index (κ1) is 16.6. The SMILES string of the molecule is CCN(CC)C[C@@H]1C2CCC(CC2)[C@@H]1c1ccc(Cl)c(Cl)c1. The number of hydrogen-bond acceptors (Lipinski definition) is 1. The largest absolute Gasteiger partial charge is 0.304 e. The lowest BCUT2D eigenvalue weighted by molar-refractivity contribution is 0.0427. The Hall–Kier alpha value is -0.240. The van der Waals surface area contributed by atoms with Crippen molar-refractivity contribution in [3.63, 3.8) is 0 Å². The first-order valence-corrected chi connectivity index (χ1v) is 9.56. The Labute approximate surface area is 145 Å². The molecule has 0 amide bonds. The molecule has 0 N–H and O–H groups in total. The van der Waals surface area contributed by atoms with Crippen molar-refractivity contribution in [3.05, 3.63) is 33.8 Å². The topological polar surface area (TPSA) is 3.24 Å². The zero-order valence-electron chi connectivity index (χ0n) is 13.7. The summed E-state index contributed by atoms with van der Waals surface area (Å²) in [6.07, 6.45) is 5.64. The van der Waals surface area contributed by atoms with Gasteiger partial charge in [0.15, 0.2) is 0 Å². The predicted octanol–water partition coefficient (Wildman–Crippen LogP) is 5.86. The summed E-state index contributed by atoms with van der Waals surface area (Å²) >= 11 is 12.4. The van der Waals surface area contributed by atoms with Crippen LogP contribution in [0, 0.1) is 17.8 Å². The Balaban J connectivity index is 1.89. The van der Waals surface area contributed by atoms with Gasteiger partial charge in [0.2, 0.25) is 0 Å². The van der Waals surface area contributed by atoms with E-state index < -0.39 is 0 Å².